The van der Waals surface area contributed by atoms with Crippen LogP contribution in [-0.2, 0) is 14.3 Å². The Labute approximate surface area is 184 Å². The Kier molecular flexibility index (Phi) is 6.71. The van der Waals surface area contributed by atoms with Crippen LogP contribution in [0.3, 0.4) is 0 Å². The third kappa shape index (κ3) is 4.03. The molecule has 0 radical (unpaired) electrons. The summed E-state index contributed by atoms with van der Waals surface area (Å²) in [6.07, 6.45) is 0. The molecule has 8 heteroatoms. The lowest BCUT2D eigenvalue weighted by Gasteiger charge is -2.25. The van der Waals surface area contributed by atoms with Gasteiger partial charge in [0.05, 0.1) is 35.4 Å². The second kappa shape index (κ2) is 9.08. The summed E-state index contributed by atoms with van der Waals surface area (Å²) in [6, 6.07) is 9.55. The van der Waals surface area contributed by atoms with Crippen LogP contribution in [0.4, 0.5) is 0 Å². The highest BCUT2D eigenvalue weighted by atomic mass is 35.5. The van der Waals surface area contributed by atoms with Crippen molar-refractivity contribution in [2.24, 2.45) is 0 Å². The zero-order chi connectivity index (χ0) is 22.0. The number of aryl methyl sites for hydroxylation is 1. The molecule has 0 aliphatic carbocycles. The first kappa shape index (κ1) is 22.2. The van der Waals surface area contributed by atoms with Gasteiger partial charge in [-0.25, -0.2) is 0 Å². The fraction of sp³-hybridized carbons (Fsp3) is 0.273. The number of hydrogen-bond donors (Lipinski definition) is 1. The summed E-state index contributed by atoms with van der Waals surface area (Å²) >= 11 is 12.4. The number of carbonyl (C=O) groups excluding carboxylic acids is 2. The largest absolute Gasteiger partial charge is 0.507 e. The molecule has 1 fully saturated rings. The average Bonchev–Trinajstić information content (AvgIpc) is 2.96. The molecule has 1 N–H and O–H groups in total. The molecule has 2 aromatic rings. The lowest BCUT2D eigenvalue weighted by atomic mass is 9.94. The molecule has 0 spiro atoms. The van der Waals surface area contributed by atoms with Crippen LogP contribution in [0, 0.1) is 6.92 Å². The SMILES string of the molecule is COCCN1C(=O)C(=O)/C(=C(/O)c2cc(Cl)c(OC)c(Cl)c2)C1c1cccc(C)c1. The quantitative estimate of drug-likeness (QED) is 0.402. The van der Waals surface area contributed by atoms with E-state index in [0.29, 0.717) is 5.56 Å². The highest BCUT2D eigenvalue weighted by Crippen LogP contribution is 2.41. The van der Waals surface area contributed by atoms with Crippen molar-refractivity contribution in [2.45, 2.75) is 13.0 Å². The number of likely N-dealkylation sites (tertiary alicyclic amines) is 1. The second-order valence-electron chi connectivity index (χ2n) is 6.87. The summed E-state index contributed by atoms with van der Waals surface area (Å²) in [5.74, 6) is -1.58. The van der Waals surface area contributed by atoms with Crippen LogP contribution in [-0.4, -0.2) is 49.1 Å². The first-order valence-corrected chi connectivity index (χ1v) is 9.93. The molecular formula is C22H21Cl2NO5. The van der Waals surface area contributed by atoms with E-state index in [1.165, 1.54) is 31.3 Å². The van der Waals surface area contributed by atoms with Crippen molar-refractivity contribution >= 4 is 40.7 Å². The molecular weight excluding hydrogens is 429 g/mol. The summed E-state index contributed by atoms with van der Waals surface area (Å²) in [4.78, 5) is 27.1. The number of Topliss-reactive ketones (excluding diaryl/α,β-unsaturated/α-hetero) is 1. The molecule has 3 rings (SSSR count). The normalized spacial score (nSPS) is 18.2. The molecule has 1 saturated heterocycles. The van der Waals surface area contributed by atoms with Crippen LogP contribution in [0.15, 0.2) is 42.0 Å². The van der Waals surface area contributed by atoms with E-state index >= 15 is 0 Å². The maximum absolute atomic E-state index is 12.9. The van der Waals surface area contributed by atoms with Crippen molar-refractivity contribution in [3.63, 3.8) is 0 Å². The first-order valence-electron chi connectivity index (χ1n) is 9.17. The van der Waals surface area contributed by atoms with E-state index in [-0.39, 0.29) is 45.8 Å². The van der Waals surface area contributed by atoms with E-state index in [0.717, 1.165) is 5.56 Å². The number of methoxy groups -OCH3 is 2. The molecule has 1 aliphatic rings. The Hall–Kier alpha value is -2.54. The van der Waals surface area contributed by atoms with Crippen molar-refractivity contribution in [1.82, 2.24) is 4.90 Å². The number of amides is 1. The van der Waals surface area contributed by atoms with Gasteiger partial charge in [0.1, 0.15) is 5.76 Å². The smallest absolute Gasteiger partial charge is 0.295 e. The fourth-order valence-electron chi connectivity index (χ4n) is 3.53. The van der Waals surface area contributed by atoms with Crippen LogP contribution >= 0.6 is 23.2 Å². The number of hydrogen-bond acceptors (Lipinski definition) is 5. The number of halogens is 2. The van der Waals surface area contributed by atoms with Gasteiger partial charge in [0.2, 0.25) is 0 Å². The van der Waals surface area contributed by atoms with E-state index in [9.17, 15) is 14.7 Å². The Morgan fingerprint density at radius 2 is 1.80 bits per heavy atom. The maximum atomic E-state index is 12.9. The van der Waals surface area contributed by atoms with Gasteiger partial charge in [-0.05, 0) is 24.6 Å². The number of rotatable bonds is 6. The van der Waals surface area contributed by atoms with E-state index in [1.54, 1.807) is 0 Å². The minimum absolute atomic E-state index is 0.0287. The van der Waals surface area contributed by atoms with Crippen molar-refractivity contribution in [1.29, 1.82) is 0 Å². The predicted octanol–water partition coefficient (Wildman–Crippen LogP) is 4.38. The van der Waals surface area contributed by atoms with E-state index < -0.39 is 17.7 Å². The van der Waals surface area contributed by atoms with Gasteiger partial charge < -0.3 is 19.5 Å². The zero-order valence-electron chi connectivity index (χ0n) is 16.7. The highest BCUT2D eigenvalue weighted by Gasteiger charge is 2.46. The molecule has 30 heavy (non-hydrogen) atoms. The van der Waals surface area contributed by atoms with Crippen LogP contribution in [0.2, 0.25) is 10.0 Å². The number of benzene rings is 2. The molecule has 0 bridgehead atoms. The monoisotopic (exact) mass is 449 g/mol. The number of carbonyl (C=O) groups is 2. The Bertz CT molecular complexity index is 1010. The van der Waals surface area contributed by atoms with Crippen LogP contribution < -0.4 is 4.74 Å². The summed E-state index contributed by atoms with van der Waals surface area (Å²) in [7, 11) is 2.94. The Morgan fingerprint density at radius 3 is 2.37 bits per heavy atom. The summed E-state index contributed by atoms with van der Waals surface area (Å²) in [5, 5.41) is 11.4. The molecule has 2 aromatic carbocycles. The molecule has 1 atom stereocenters. The Morgan fingerprint density at radius 1 is 1.13 bits per heavy atom. The predicted molar refractivity (Wildman–Crippen MR) is 115 cm³/mol. The number of aliphatic hydroxyl groups excluding tert-OH is 1. The van der Waals surface area contributed by atoms with Gasteiger partial charge in [-0.1, -0.05) is 53.0 Å². The van der Waals surface area contributed by atoms with E-state index in [2.05, 4.69) is 0 Å². The molecule has 0 saturated carbocycles. The molecule has 1 aliphatic heterocycles. The number of ketones is 1. The van der Waals surface area contributed by atoms with Gasteiger partial charge in [0, 0.05) is 19.2 Å². The third-order valence-electron chi connectivity index (χ3n) is 4.91. The van der Waals surface area contributed by atoms with Crippen molar-refractivity contribution in [3.8, 4) is 5.75 Å². The lowest BCUT2D eigenvalue weighted by molar-refractivity contribution is -0.140. The maximum Gasteiger partial charge on any atom is 0.295 e. The average molecular weight is 450 g/mol. The summed E-state index contributed by atoms with van der Waals surface area (Å²) in [6.45, 7) is 2.35. The molecule has 1 unspecified atom stereocenters. The molecule has 1 heterocycles. The summed E-state index contributed by atoms with van der Waals surface area (Å²) < 4.78 is 10.2. The molecule has 158 valence electrons. The fourth-order valence-corrected chi connectivity index (χ4v) is 4.18. The highest BCUT2D eigenvalue weighted by molar-refractivity contribution is 6.46. The minimum Gasteiger partial charge on any atom is -0.507 e. The van der Waals surface area contributed by atoms with Gasteiger partial charge >= 0.3 is 0 Å². The zero-order valence-corrected chi connectivity index (χ0v) is 18.3. The van der Waals surface area contributed by atoms with Crippen LogP contribution in [0.25, 0.3) is 5.76 Å². The molecule has 1 amide bonds. The topological polar surface area (TPSA) is 76.1 Å². The van der Waals surface area contributed by atoms with Crippen molar-refractivity contribution in [3.05, 3.63) is 68.7 Å². The van der Waals surface area contributed by atoms with Crippen molar-refractivity contribution in [2.75, 3.05) is 27.4 Å². The third-order valence-corrected chi connectivity index (χ3v) is 5.47. The van der Waals surface area contributed by atoms with E-state index in [4.69, 9.17) is 32.7 Å². The lowest BCUT2D eigenvalue weighted by Crippen LogP contribution is -2.32. The van der Waals surface area contributed by atoms with Gasteiger partial charge in [-0.15, -0.1) is 0 Å². The first-order chi connectivity index (χ1) is 14.3. The number of aliphatic hydroxyl groups is 1. The summed E-state index contributed by atoms with van der Waals surface area (Å²) in [5.41, 5.74) is 1.85. The van der Waals surface area contributed by atoms with Crippen LogP contribution in [0.5, 0.6) is 5.75 Å². The van der Waals surface area contributed by atoms with Gasteiger partial charge in [-0.3, -0.25) is 9.59 Å². The second-order valence-corrected chi connectivity index (χ2v) is 7.69. The Balaban J connectivity index is 2.21. The van der Waals surface area contributed by atoms with Gasteiger partial charge in [-0.2, -0.15) is 0 Å². The molecule has 6 nitrogen and oxygen atoms in total. The van der Waals surface area contributed by atoms with Crippen LogP contribution in [0.1, 0.15) is 22.7 Å². The molecule has 0 aromatic heterocycles. The standard InChI is InChI=1S/C22H21Cl2NO5/c1-12-5-4-6-13(9-12)18-17(20(27)22(28)25(18)7-8-29-2)19(26)14-10-15(23)21(30-3)16(24)11-14/h4-6,9-11,18,26H,7-8H2,1-3H3/b19-17+. The van der Waals surface area contributed by atoms with Crippen molar-refractivity contribution < 1.29 is 24.2 Å². The van der Waals surface area contributed by atoms with E-state index in [1.807, 2.05) is 31.2 Å². The minimum atomic E-state index is -0.779. The number of ether oxygens (including phenoxy) is 2. The number of nitrogens with zero attached hydrogens (tertiary/aromatic N) is 1. The van der Waals surface area contributed by atoms with Gasteiger partial charge in [0.25, 0.3) is 11.7 Å². The van der Waals surface area contributed by atoms with Gasteiger partial charge in [0.15, 0.2) is 5.75 Å².